The number of carbonyl (C=O) groups is 2. The van der Waals surface area contributed by atoms with Gasteiger partial charge in [-0.15, -0.1) is 0 Å². The normalized spacial score (nSPS) is 11.2. The first-order valence-corrected chi connectivity index (χ1v) is 28.7. The van der Waals surface area contributed by atoms with E-state index >= 15 is 0 Å². The maximum atomic E-state index is 12.9. The second kappa shape index (κ2) is 26.2. The number of benzene rings is 8. The highest BCUT2D eigenvalue weighted by molar-refractivity contribution is 6.02. The monoisotopic (exact) mass is 1170 g/mol. The number of nitrogens with zero attached hydrogens (tertiary/aromatic N) is 6. The van der Waals surface area contributed by atoms with Crippen LogP contribution in [0.4, 0.5) is 11.4 Å². The summed E-state index contributed by atoms with van der Waals surface area (Å²) in [6.45, 7) is 8.69. The SMILES string of the molecule is Cc1cc(C=Cc2ccc3cc(N(C)C)ccc3[n+]2C)c(C)n1-c1ccccc1.Cc1cc(C=Cc2ccc3cc(N(C)C)ccc3[n+]2C)c(C)n1-c1ccccc1.O.O=C(O)c1cc2ccccc2c(Cc2c([O-])c(C(=O)O)cc3ccccc23)c1[O-]. The van der Waals surface area contributed by atoms with Crippen LogP contribution in [0.25, 0.3) is 79.0 Å². The molecule has 0 saturated carbocycles. The molecule has 4 aromatic heterocycles. The number of para-hydroxylation sites is 2. The fraction of sp³-hybridized carbons (Fsp3) is 0.147. The third-order valence-corrected chi connectivity index (χ3v) is 16.3. The van der Waals surface area contributed by atoms with E-state index in [4.69, 9.17) is 0 Å². The van der Waals surface area contributed by atoms with E-state index in [1.54, 1.807) is 48.5 Å². The molecule has 88 heavy (non-hydrogen) atoms. The van der Waals surface area contributed by atoms with E-state index in [1.807, 2.05) is 0 Å². The molecule has 0 spiro atoms. The minimum Gasteiger partial charge on any atom is -0.872 e. The van der Waals surface area contributed by atoms with E-state index in [0.29, 0.717) is 21.5 Å². The van der Waals surface area contributed by atoms with Crippen LogP contribution in [-0.2, 0) is 20.5 Å². The summed E-state index contributed by atoms with van der Waals surface area (Å²) in [5.74, 6) is -4.07. The lowest BCUT2D eigenvalue weighted by Crippen LogP contribution is -2.32. The number of rotatable bonds is 12. The summed E-state index contributed by atoms with van der Waals surface area (Å²) in [5, 5.41) is 49.3. The van der Waals surface area contributed by atoms with E-state index < -0.39 is 23.4 Å². The molecular weight excluding hydrogens is 1100 g/mol. The first-order valence-electron chi connectivity index (χ1n) is 28.7. The molecule has 0 atom stereocenters. The summed E-state index contributed by atoms with van der Waals surface area (Å²) in [6, 6.07) is 63.8. The number of aryl methyl sites for hydroxylation is 4. The zero-order valence-electron chi connectivity index (χ0n) is 51.2. The third kappa shape index (κ3) is 12.6. The van der Waals surface area contributed by atoms with Crippen LogP contribution < -0.4 is 29.1 Å². The first kappa shape index (κ1) is 61.8. The van der Waals surface area contributed by atoms with Gasteiger partial charge in [-0.25, -0.2) is 9.59 Å². The van der Waals surface area contributed by atoms with Crippen LogP contribution in [0.1, 0.15) is 77.1 Å². The molecule has 8 aromatic carbocycles. The summed E-state index contributed by atoms with van der Waals surface area (Å²) in [5.41, 5.74) is 16.7. The van der Waals surface area contributed by atoms with E-state index in [-0.39, 0.29) is 34.2 Å². The summed E-state index contributed by atoms with van der Waals surface area (Å²) in [6.07, 6.45) is 8.68. The van der Waals surface area contributed by atoms with Crippen molar-refractivity contribution in [2.45, 2.75) is 34.1 Å². The Morgan fingerprint density at radius 3 is 1.18 bits per heavy atom. The Labute approximate surface area is 513 Å². The third-order valence-electron chi connectivity index (χ3n) is 16.3. The molecule has 13 nitrogen and oxygen atoms in total. The van der Waals surface area contributed by atoms with Crippen molar-refractivity contribution in [2.24, 2.45) is 14.1 Å². The molecule has 0 radical (unpaired) electrons. The summed E-state index contributed by atoms with van der Waals surface area (Å²) < 4.78 is 9.12. The number of aromatic carboxylic acids is 2. The molecule has 0 aliphatic rings. The van der Waals surface area contributed by atoms with Crippen LogP contribution in [0.2, 0.25) is 0 Å². The predicted molar refractivity (Wildman–Crippen MR) is 354 cm³/mol. The molecule has 0 aliphatic heterocycles. The Bertz CT molecular complexity index is 4360. The van der Waals surface area contributed by atoms with Gasteiger partial charge in [-0.1, -0.05) is 96.4 Å². The number of pyridine rings is 2. The lowest BCUT2D eigenvalue weighted by molar-refractivity contribution is -0.646. The minimum atomic E-state index is -1.35. The van der Waals surface area contributed by atoms with Crippen molar-refractivity contribution in [3.05, 3.63) is 262 Å². The van der Waals surface area contributed by atoms with Crippen LogP contribution in [0.3, 0.4) is 0 Å². The van der Waals surface area contributed by atoms with E-state index in [0.717, 1.165) is 0 Å². The zero-order chi connectivity index (χ0) is 61.8. The van der Waals surface area contributed by atoms with Gasteiger partial charge in [-0.3, -0.25) is 0 Å². The van der Waals surface area contributed by atoms with Gasteiger partial charge in [0.15, 0.2) is 0 Å². The van der Waals surface area contributed by atoms with Crippen molar-refractivity contribution in [2.75, 3.05) is 38.0 Å². The van der Waals surface area contributed by atoms with Gasteiger partial charge in [-0.2, -0.15) is 9.13 Å². The lowest BCUT2D eigenvalue weighted by atomic mass is 9.90. The van der Waals surface area contributed by atoms with E-state index in [1.165, 1.54) is 102 Å². The topological polar surface area (TPSA) is 176 Å². The number of carboxylic acid groups (broad SMARTS) is 2. The molecule has 13 heteroatoms. The Morgan fingerprint density at radius 2 is 0.818 bits per heavy atom. The Hall–Kier alpha value is -10.8. The van der Waals surface area contributed by atoms with Gasteiger partial charge in [0.2, 0.25) is 22.4 Å². The van der Waals surface area contributed by atoms with Gasteiger partial charge in [0.25, 0.3) is 0 Å². The molecule has 444 valence electrons. The van der Waals surface area contributed by atoms with Crippen molar-refractivity contribution in [3.8, 4) is 22.9 Å². The highest BCUT2D eigenvalue weighted by atomic mass is 16.4. The van der Waals surface area contributed by atoms with Crippen LogP contribution in [-0.4, -0.2) is 65.0 Å². The molecule has 4 N–H and O–H groups in total. The molecule has 4 heterocycles. The fourth-order valence-electron chi connectivity index (χ4n) is 11.6. The average molecular weight is 1170 g/mol. The summed E-state index contributed by atoms with van der Waals surface area (Å²) in [4.78, 5) is 27.4. The first-order chi connectivity index (χ1) is 41.8. The predicted octanol–water partition coefficient (Wildman–Crippen LogP) is 12.9. The molecule has 0 amide bonds. The van der Waals surface area contributed by atoms with E-state index in [9.17, 15) is 30.0 Å². The lowest BCUT2D eigenvalue weighted by Gasteiger charge is -2.24. The van der Waals surface area contributed by atoms with Gasteiger partial charge in [0.05, 0.1) is 11.1 Å². The second-order valence-electron chi connectivity index (χ2n) is 22.3. The minimum absolute atomic E-state index is 0. The molecular formula is C75H72N6O7. The number of hydrogen-bond donors (Lipinski definition) is 2. The maximum Gasteiger partial charge on any atom is 0.335 e. The molecule has 0 saturated heterocycles. The standard InChI is InChI=1S/2C26H28N3.C23H16O6.H2O/c2*1-19-17-21(20(2)29(19)24-9-7-6-8-10-24)11-13-23-14-12-22-18-25(27(3)4)15-16-26(22)28(23)5;24-20-16(14-7-3-1-5-12(14)9-18(20)22(26)27)11-17-15-8-4-2-6-13(15)10-19(21(17)25)23(28)29;/h2*6-18H,1-5H3;1-10,24-25H,11H2,(H,26,27)(H,28,29);1H2/q2*+1;;/p-2. The number of hydrogen-bond acceptors (Lipinski definition) is 6. The van der Waals surface area contributed by atoms with Gasteiger partial charge < -0.3 is 44.8 Å². The summed E-state index contributed by atoms with van der Waals surface area (Å²) in [7, 11) is 12.6. The zero-order valence-corrected chi connectivity index (χ0v) is 51.2. The van der Waals surface area contributed by atoms with Crippen molar-refractivity contribution in [1.82, 2.24) is 9.13 Å². The van der Waals surface area contributed by atoms with E-state index in [2.05, 4.69) is 256 Å². The Balaban J connectivity index is 0.000000156. The Kier molecular flexibility index (Phi) is 18.4. The largest absolute Gasteiger partial charge is 0.872 e. The van der Waals surface area contributed by atoms with Crippen LogP contribution in [0, 0.1) is 27.7 Å². The molecule has 12 aromatic rings. The highest BCUT2D eigenvalue weighted by Gasteiger charge is 2.19. The number of aromatic nitrogens is 4. The van der Waals surface area contributed by atoms with Gasteiger partial charge in [-0.05, 0) is 175 Å². The van der Waals surface area contributed by atoms with Gasteiger partial charge in [0, 0.05) is 121 Å². The van der Waals surface area contributed by atoms with Crippen molar-refractivity contribution in [3.63, 3.8) is 0 Å². The average Bonchev–Trinajstić information content (AvgIpc) is 1.28. The number of carboxylic acids is 2. The molecule has 0 unspecified atom stereocenters. The van der Waals surface area contributed by atoms with Crippen LogP contribution >= 0.6 is 0 Å². The molecule has 0 aliphatic carbocycles. The molecule has 12 rings (SSSR count). The Morgan fingerprint density at radius 1 is 0.455 bits per heavy atom. The smallest absolute Gasteiger partial charge is 0.335 e. The molecule has 0 fully saturated rings. The van der Waals surface area contributed by atoms with Crippen LogP contribution in [0.15, 0.2) is 194 Å². The van der Waals surface area contributed by atoms with Gasteiger partial charge in [0.1, 0.15) is 14.1 Å². The van der Waals surface area contributed by atoms with Crippen LogP contribution in [0.5, 0.6) is 11.5 Å². The van der Waals surface area contributed by atoms with Crippen molar-refractivity contribution in [1.29, 1.82) is 0 Å². The van der Waals surface area contributed by atoms with Gasteiger partial charge >= 0.3 is 11.9 Å². The second-order valence-corrected chi connectivity index (χ2v) is 22.3. The quantitative estimate of drug-likeness (QED) is 0.114. The highest BCUT2D eigenvalue weighted by Crippen LogP contribution is 2.37. The number of anilines is 2. The molecule has 0 bridgehead atoms. The maximum absolute atomic E-state index is 12.9. The number of fused-ring (bicyclic) bond motifs is 4. The van der Waals surface area contributed by atoms with Crippen molar-refractivity contribution >= 4 is 91.0 Å². The van der Waals surface area contributed by atoms with Crippen molar-refractivity contribution < 1.29 is 44.6 Å². The fourth-order valence-corrected chi connectivity index (χ4v) is 11.6. The summed E-state index contributed by atoms with van der Waals surface area (Å²) >= 11 is 0.